The summed E-state index contributed by atoms with van der Waals surface area (Å²) in [6.45, 7) is 8.72. The van der Waals surface area contributed by atoms with Gasteiger partial charge in [0.1, 0.15) is 19.0 Å². The quantitative estimate of drug-likeness (QED) is 0.491. The van der Waals surface area contributed by atoms with Gasteiger partial charge in [-0.3, -0.25) is 10.3 Å². The first kappa shape index (κ1) is 25.1. The predicted molar refractivity (Wildman–Crippen MR) is 129 cm³/mol. The number of allylic oxidation sites excluding steroid dienone is 2. The molecule has 1 aromatic heterocycles. The van der Waals surface area contributed by atoms with Crippen molar-refractivity contribution in [3.05, 3.63) is 29.6 Å². The first-order chi connectivity index (χ1) is 15.9. The third-order valence-electron chi connectivity index (χ3n) is 7.44. The zero-order valence-electron chi connectivity index (χ0n) is 21.1. The average molecular weight is 477 g/mol. The normalized spacial score (nSPS) is 30.6. The molecule has 34 heavy (non-hydrogen) atoms. The number of pyridine rings is 1. The predicted octanol–water partition coefficient (Wildman–Crippen LogP) is 7.13. The third kappa shape index (κ3) is 5.29. The summed E-state index contributed by atoms with van der Waals surface area (Å²) in [5, 5.41) is 2.87. The van der Waals surface area contributed by atoms with E-state index >= 15 is 0 Å². The van der Waals surface area contributed by atoms with Crippen LogP contribution in [-0.2, 0) is 9.47 Å². The van der Waals surface area contributed by atoms with E-state index in [1.807, 2.05) is 32.9 Å². The van der Waals surface area contributed by atoms with Crippen molar-refractivity contribution in [1.29, 1.82) is 0 Å². The standard InChI is InChI=1S/C27H38F2N2O3/c1-24(2,3)33-23(32)31-21-7-6-20(30-22(21)18-8-10-25(4,5)11-9-18)19-14-26(16-28)12-13-27(15-19,17-29)34-26/h6-8,19H,9-17H2,1-5H3,(H,31,32). The van der Waals surface area contributed by atoms with Crippen LogP contribution < -0.4 is 5.32 Å². The van der Waals surface area contributed by atoms with Gasteiger partial charge in [-0.1, -0.05) is 19.9 Å². The van der Waals surface area contributed by atoms with Crippen LogP contribution in [0, 0.1) is 5.41 Å². The Kier molecular flexibility index (Phi) is 6.56. The number of hydrogen-bond donors (Lipinski definition) is 1. The Morgan fingerprint density at radius 3 is 2.32 bits per heavy atom. The Bertz CT molecular complexity index is 951. The summed E-state index contributed by atoms with van der Waals surface area (Å²) in [4.78, 5) is 17.5. The number of alkyl halides is 2. The van der Waals surface area contributed by atoms with Crippen molar-refractivity contribution in [1.82, 2.24) is 4.98 Å². The number of carbonyl (C=O) groups excluding carboxylic acids is 1. The molecule has 2 fully saturated rings. The second kappa shape index (κ2) is 8.89. The smallest absolute Gasteiger partial charge is 0.412 e. The molecule has 2 saturated heterocycles. The Labute approximate surface area is 201 Å². The Morgan fingerprint density at radius 1 is 1.15 bits per heavy atom. The molecule has 5 nitrogen and oxygen atoms in total. The molecule has 2 bridgehead atoms. The summed E-state index contributed by atoms with van der Waals surface area (Å²) < 4.78 is 39.4. The zero-order valence-corrected chi connectivity index (χ0v) is 21.1. The number of hydrogen-bond acceptors (Lipinski definition) is 4. The molecule has 1 N–H and O–H groups in total. The number of aromatic nitrogens is 1. The van der Waals surface area contributed by atoms with E-state index in [0.717, 1.165) is 36.2 Å². The highest BCUT2D eigenvalue weighted by atomic mass is 19.1. The summed E-state index contributed by atoms with van der Waals surface area (Å²) in [7, 11) is 0. The first-order valence-electron chi connectivity index (χ1n) is 12.4. The summed E-state index contributed by atoms with van der Waals surface area (Å²) in [6, 6.07) is 3.72. The minimum absolute atomic E-state index is 0.0993. The van der Waals surface area contributed by atoms with Gasteiger partial charge >= 0.3 is 6.09 Å². The molecular weight excluding hydrogens is 438 g/mol. The molecule has 0 radical (unpaired) electrons. The van der Waals surface area contributed by atoms with Crippen LogP contribution in [0.1, 0.15) is 96.9 Å². The summed E-state index contributed by atoms with van der Waals surface area (Å²) in [5.74, 6) is -0.0993. The van der Waals surface area contributed by atoms with Gasteiger partial charge in [0.2, 0.25) is 0 Å². The van der Waals surface area contributed by atoms with E-state index < -0.39 is 36.2 Å². The van der Waals surface area contributed by atoms with Gasteiger partial charge in [-0.15, -0.1) is 0 Å². The van der Waals surface area contributed by atoms with Crippen LogP contribution in [0.2, 0.25) is 0 Å². The second-order valence-corrected chi connectivity index (χ2v) is 12.2. The lowest BCUT2D eigenvalue weighted by Crippen LogP contribution is -2.46. The van der Waals surface area contributed by atoms with Crippen LogP contribution in [-0.4, -0.2) is 41.2 Å². The molecule has 1 aromatic rings. The third-order valence-corrected chi connectivity index (χ3v) is 7.44. The highest BCUT2D eigenvalue weighted by Gasteiger charge is 2.56. The minimum Gasteiger partial charge on any atom is -0.444 e. The molecule has 3 heterocycles. The fourth-order valence-corrected chi connectivity index (χ4v) is 5.53. The van der Waals surface area contributed by atoms with Crippen LogP contribution in [0.25, 0.3) is 5.57 Å². The zero-order chi connectivity index (χ0) is 24.8. The van der Waals surface area contributed by atoms with Crippen LogP contribution >= 0.6 is 0 Å². The number of carbonyl (C=O) groups is 1. The lowest BCUT2D eigenvalue weighted by Gasteiger charge is -2.41. The maximum Gasteiger partial charge on any atom is 0.412 e. The maximum atomic E-state index is 14.0. The molecule has 2 atom stereocenters. The van der Waals surface area contributed by atoms with Crippen molar-refractivity contribution in [2.75, 3.05) is 18.7 Å². The van der Waals surface area contributed by atoms with E-state index in [9.17, 15) is 13.6 Å². The molecule has 0 saturated carbocycles. The first-order valence-corrected chi connectivity index (χ1v) is 12.4. The minimum atomic E-state index is -0.918. The molecule has 2 aliphatic heterocycles. The molecule has 1 aliphatic carbocycles. The Hall–Kier alpha value is -2.02. The van der Waals surface area contributed by atoms with E-state index in [1.54, 1.807) is 0 Å². The summed E-state index contributed by atoms with van der Waals surface area (Å²) in [6.07, 6.45) is 6.52. The molecule has 7 heteroatoms. The highest BCUT2D eigenvalue weighted by molar-refractivity contribution is 5.89. The fraction of sp³-hybridized carbons (Fsp3) is 0.704. The number of nitrogens with one attached hydrogen (secondary N) is 1. The van der Waals surface area contributed by atoms with Crippen LogP contribution in [0.4, 0.5) is 19.3 Å². The number of rotatable bonds is 5. The molecule has 2 unspecified atom stereocenters. The van der Waals surface area contributed by atoms with E-state index in [1.165, 1.54) is 0 Å². The van der Waals surface area contributed by atoms with Crippen LogP contribution in [0.3, 0.4) is 0 Å². The summed E-state index contributed by atoms with van der Waals surface area (Å²) in [5.41, 5.74) is 0.978. The molecule has 4 rings (SSSR count). The van der Waals surface area contributed by atoms with Crippen molar-refractivity contribution < 1.29 is 23.0 Å². The number of ether oxygens (including phenoxy) is 2. The topological polar surface area (TPSA) is 60.5 Å². The van der Waals surface area contributed by atoms with Gasteiger partial charge in [-0.2, -0.15) is 0 Å². The SMILES string of the molecule is CC1(C)CC=C(c2nc(C3CC4(CF)CCC(CF)(C3)O4)ccc2NC(=O)OC(C)(C)C)CC1. The van der Waals surface area contributed by atoms with Crippen molar-refractivity contribution in [3.63, 3.8) is 0 Å². The summed E-state index contributed by atoms with van der Waals surface area (Å²) >= 11 is 0. The van der Waals surface area contributed by atoms with Gasteiger partial charge in [0.15, 0.2) is 0 Å². The molecule has 1 amide bonds. The number of nitrogens with zero attached hydrogens (tertiary/aromatic N) is 1. The Morgan fingerprint density at radius 2 is 1.79 bits per heavy atom. The van der Waals surface area contributed by atoms with Crippen molar-refractivity contribution >= 4 is 17.4 Å². The fourth-order valence-electron chi connectivity index (χ4n) is 5.53. The van der Waals surface area contributed by atoms with Gasteiger partial charge in [-0.25, -0.2) is 13.6 Å². The van der Waals surface area contributed by atoms with Crippen molar-refractivity contribution in [2.45, 2.75) is 102 Å². The van der Waals surface area contributed by atoms with Gasteiger partial charge in [0.25, 0.3) is 0 Å². The number of halogens is 2. The van der Waals surface area contributed by atoms with Gasteiger partial charge in [0.05, 0.1) is 22.6 Å². The van der Waals surface area contributed by atoms with Gasteiger partial charge in [0, 0.05) is 11.6 Å². The molecule has 188 valence electrons. The molecular formula is C27H38F2N2O3. The maximum absolute atomic E-state index is 14.0. The van der Waals surface area contributed by atoms with E-state index in [-0.39, 0.29) is 11.3 Å². The van der Waals surface area contributed by atoms with Gasteiger partial charge < -0.3 is 9.47 Å². The lowest BCUT2D eigenvalue weighted by molar-refractivity contribution is -0.160. The van der Waals surface area contributed by atoms with E-state index in [2.05, 4.69) is 25.2 Å². The largest absolute Gasteiger partial charge is 0.444 e. The van der Waals surface area contributed by atoms with Crippen LogP contribution in [0.15, 0.2) is 18.2 Å². The lowest BCUT2D eigenvalue weighted by atomic mass is 9.77. The van der Waals surface area contributed by atoms with Crippen molar-refractivity contribution in [3.8, 4) is 0 Å². The number of anilines is 1. The molecule has 0 aromatic carbocycles. The number of amides is 1. The van der Waals surface area contributed by atoms with Crippen molar-refractivity contribution in [2.24, 2.45) is 5.41 Å². The Balaban J connectivity index is 1.67. The molecule has 0 spiro atoms. The van der Waals surface area contributed by atoms with E-state index in [4.69, 9.17) is 14.5 Å². The average Bonchev–Trinajstić information content (AvgIpc) is 3.04. The van der Waals surface area contributed by atoms with Gasteiger partial charge in [-0.05, 0) is 88.8 Å². The monoisotopic (exact) mass is 476 g/mol. The van der Waals surface area contributed by atoms with E-state index in [0.29, 0.717) is 31.4 Å². The molecule has 3 aliphatic rings. The second-order valence-electron chi connectivity index (χ2n) is 12.2. The number of fused-ring (bicyclic) bond motifs is 2. The van der Waals surface area contributed by atoms with Crippen LogP contribution in [0.5, 0.6) is 0 Å². The highest BCUT2D eigenvalue weighted by Crippen LogP contribution is 2.53.